The second kappa shape index (κ2) is 9.97. The lowest BCUT2D eigenvalue weighted by Gasteiger charge is -2.15. The van der Waals surface area contributed by atoms with Gasteiger partial charge in [-0.2, -0.15) is 0 Å². The van der Waals surface area contributed by atoms with Crippen molar-refractivity contribution in [2.24, 2.45) is 0 Å². The lowest BCUT2D eigenvalue weighted by molar-refractivity contribution is -0.128. The maximum absolute atomic E-state index is 12.7. The average Bonchev–Trinajstić information content (AvgIpc) is 3.21. The Balaban J connectivity index is 1.35. The molecule has 0 fully saturated rings. The number of thioether (sulfide) groups is 1. The van der Waals surface area contributed by atoms with Crippen LogP contribution in [0.1, 0.15) is 28.4 Å². The molecular weight excluding hydrogens is 438 g/mol. The van der Waals surface area contributed by atoms with Gasteiger partial charge >= 0.3 is 0 Å². The van der Waals surface area contributed by atoms with Crippen LogP contribution < -0.4 is 5.32 Å². The van der Waals surface area contributed by atoms with Gasteiger partial charge < -0.3 is 10.2 Å². The molecule has 0 aliphatic rings. The van der Waals surface area contributed by atoms with Crippen molar-refractivity contribution >= 4 is 50.8 Å². The Labute approximate surface area is 195 Å². The quantitative estimate of drug-likeness (QED) is 0.352. The van der Waals surface area contributed by atoms with Crippen LogP contribution in [0.15, 0.2) is 77.1 Å². The van der Waals surface area contributed by atoms with E-state index in [9.17, 15) is 9.59 Å². The zero-order valence-electron chi connectivity index (χ0n) is 17.9. The minimum absolute atomic E-state index is 0.000765. The number of carbonyl (C=O) groups is 2. The number of hydrogen-bond acceptors (Lipinski definition) is 5. The largest absolute Gasteiger partial charge is 0.342 e. The van der Waals surface area contributed by atoms with E-state index < -0.39 is 0 Å². The van der Waals surface area contributed by atoms with Crippen LogP contribution in [-0.2, 0) is 17.1 Å². The molecule has 0 aliphatic heterocycles. The fraction of sp³-hybridized carbons (Fsp3) is 0.160. The van der Waals surface area contributed by atoms with E-state index in [1.165, 1.54) is 11.6 Å². The van der Waals surface area contributed by atoms with Crippen molar-refractivity contribution in [3.63, 3.8) is 0 Å². The fourth-order valence-electron chi connectivity index (χ4n) is 3.15. The molecular formula is C25H23N3O2S2. The first kappa shape index (κ1) is 22.0. The molecule has 32 heavy (non-hydrogen) atoms. The van der Waals surface area contributed by atoms with E-state index in [2.05, 4.69) is 16.4 Å². The summed E-state index contributed by atoms with van der Waals surface area (Å²) in [6, 6.07) is 23.3. The Bertz CT molecular complexity index is 1220. The fourth-order valence-corrected chi connectivity index (χ4v) is 5.17. The third-order valence-corrected chi connectivity index (χ3v) is 7.25. The Morgan fingerprint density at radius 1 is 1.00 bits per heavy atom. The third kappa shape index (κ3) is 5.55. The van der Waals surface area contributed by atoms with E-state index in [0.717, 1.165) is 26.7 Å². The van der Waals surface area contributed by atoms with E-state index in [-0.39, 0.29) is 11.8 Å². The summed E-state index contributed by atoms with van der Waals surface area (Å²) >= 11 is 3.40. The molecule has 1 heterocycles. The summed E-state index contributed by atoms with van der Waals surface area (Å²) in [6.45, 7) is 2.03. The number of benzene rings is 3. The SMILES string of the molecule is CC(=O)N(C)Cc1cccc(NC(=O)c2ccc(CSc3nc4ccccc4s3)cc2)c1. The van der Waals surface area contributed by atoms with Crippen molar-refractivity contribution in [1.82, 2.24) is 9.88 Å². The summed E-state index contributed by atoms with van der Waals surface area (Å²) in [7, 11) is 1.75. The normalized spacial score (nSPS) is 10.8. The van der Waals surface area contributed by atoms with Gasteiger partial charge in [0.2, 0.25) is 5.91 Å². The van der Waals surface area contributed by atoms with Gasteiger partial charge in [0.25, 0.3) is 5.91 Å². The van der Waals surface area contributed by atoms with Gasteiger partial charge in [0, 0.05) is 37.5 Å². The van der Waals surface area contributed by atoms with Gasteiger partial charge in [0.1, 0.15) is 0 Å². The van der Waals surface area contributed by atoms with Crippen molar-refractivity contribution in [2.45, 2.75) is 23.6 Å². The van der Waals surface area contributed by atoms with Crippen LogP contribution in [0.4, 0.5) is 5.69 Å². The molecule has 0 bridgehead atoms. The zero-order chi connectivity index (χ0) is 22.5. The molecule has 1 N–H and O–H groups in total. The predicted molar refractivity (Wildman–Crippen MR) is 132 cm³/mol. The number of carbonyl (C=O) groups excluding carboxylic acids is 2. The number of aromatic nitrogens is 1. The van der Waals surface area contributed by atoms with Gasteiger partial charge in [0.15, 0.2) is 4.34 Å². The first-order chi connectivity index (χ1) is 15.5. The Morgan fingerprint density at radius 2 is 1.78 bits per heavy atom. The summed E-state index contributed by atoms with van der Waals surface area (Å²) in [4.78, 5) is 30.4. The number of para-hydroxylation sites is 1. The first-order valence-corrected chi connectivity index (χ1v) is 12.0. The van der Waals surface area contributed by atoms with Gasteiger partial charge in [-0.15, -0.1) is 11.3 Å². The molecule has 0 spiro atoms. The molecule has 1 aromatic heterocycles. The maximum Gasteiger partial charge on any atom is 0.255 e. The highest BCUT2D eigenvalue weighted by Crippen LogP contribution is 2.31. The van der Waals surface area contributed by atoms with Gasteiger partial charge in [-0.3, -0.25) is 9.59 Å². The van der Waals surface area contributed by atoms with Crippen molar-refractivity contribution < 1.29 is 9.59 Å². The van der Waals surface area contributed by atoms with Crippen LogP contribution >= 0.6 is 23.1 Å². The van der Waals surface area contributed by atoms with Crippen LogP contribution in [0.2, 0.25) is 0 Å². The van der Waals surface area contributed by atoms with E-state index in [4.69, 9.17) is 0 Å². The summed E-state index contributed by atoms with van der Waals surface area (Å²) in [6.07, 6.45) is 0. The molecule has 0 aliphatic carbocycles. The molecule has 0 saturated carbocycles. The molecule has 0 radical (unpaired) electrons. The second-order valence-electron chi connectivity index (χ2n) is 7.46. The van der Waals surface area contributed by atoms with Crippen molar-refractivity contribution in [2.75, 3.05) is 12.4 Å². The smallest absolute Gasteiger partial charge is 0.255 e. The molecule has 3 aromatic carbocycles. The molecule has 2 amide bonds. The molecule has 4 aromatic rings. The Hall–Kier alpha value is -3.16. The van der Waals surface area contributed by atoms with E-state index >= 15 is 0 Å². The molecule has 7 heteroatoms. The van der Waals surface area contributed by atoms with Gasteiger partial charge in [-0.25, -0.2) is 4.98 Å². The third-order valence-electron chi connectivity index (χ3n) is 4.99. The van der Waals surface area contributed by atoms with Crippen LogP contribution in [0.25, 0.3) is 10.2 Å². The number of thiazole rings is 1. The van der Waals surface area contributed by atoms with Crippen molar-refractivity contribution in [3.8, 4) is 0 Å². The molecule has 5 nitrogen and oxygen atoms in total. The first-order valence-electron chi connectivity index (χ1n) is 10.2. The maximum atomic E-state index is 12.7. The van der Waals surface area contributed by atoms with Crippen molar-refractivity contribution in [3.05, 3.63) is 89.5 Å². The Kier molecular flexibility index (Phi) is 6.87. The Morgan fingerprint density at radius 3 is 2.53 bits per heavy atom. The van der Waals surface area contributed by atoms with Crippen LogP contribution in [0.3, 0.4) is 0 Å². The summed E-state index contributed by atoms with van der Waals surface area (Å²) in [5.74, 6) is 0.640. The molecule has 0 atom stereocenters. The van der Waals surface area contributed by atoms with Crippen LogP contribution in [-0.4, -0.2) is 28.7 Å². The number of hydrogen-bond donors (Lipinski definition) is 1. The lowest BCUT2D eigenvalue weighted by Crippen LogP contribution is -2.23. The molecule has 4 rings (SSSR count). The average molecular weight is 462 g/mol. The molecule has 0 saturated heterocycles. The highest BCUT2D eigenvalue weighted by Gasteiger charge is 2.09. The number of rotatable bonds is 7. The minimum atomic E-state index is -0.160. The molecule has 0 unspecified atom stereocenters. The molecule has 162 valence electrons. The monoisotopic (exact) mass is 461 g/mol. The topological polar surface area (TPSA) is 62.3 Å². The van der Waals surface area contributed by atoms with E-state index in [0.29, 0.717) is 17.8 Å². The minimum Gasteiger partial charge on any atom is -0.342 e. The zero-order valence-corrected chi connectivity index (χ0v) is 19.5. The van der Waals surface area contributed by atoms with Gasteiger partial charge in [-0.05, 0) is 47.5 Å². The highest BCUT2D eigenvalue weighted by atomic mass is 32.2. The van der Waals surface area contributed by atoms with E-state index in [1.54, 1.807) is 35.0 Å². The van der Waals surface area contributed by atoms with Crippen LogP contribution in [0, 0.1) is 0 Å². The van der Waals surface area contributed by atoms with Crippen LogP contribution in [0.5, 0.6) is 0 Å². The summed E-state index contributed by atoms with van der Waals surface area (Å²) in [5.41, 5.74) is 4.44. The summed E-state index contributed by atoms with van der Waals surface area (Å²) < 4.78 is 2.24. The number of anilines is 1. The number of nitrogens with one attached hydrogen (secondary N) is 1. The standard InChI is InChI=1S/C25H23N3O2S2/c1-17(29)28(2)15-19-6-5-7-21(14-19)26-24(30)20-12-10-18(11-13-20)16-31-25-27-22-8-3-4-9-23(22)32-25/h3-14H,15-16H2,1-2H3,(H,26,30). The number of amides is 2. The second-order valence-corrected chi connectivity index (χ2v) is 9.72. The number of fused-ring (bicyclic) bond motifs is 1. The summed E-state index contributed by atoms with van der Waals surface area (Å²) in [5, 5.41) is 2.94. The lowest BCUT2D eigenvalue weighted by atomic mass is 10.1. The predicted octanol–water partition coefficient (Wildman–Crippen LogP) is 5.82. The highest BCUT2D eigenvalue weighted by molar-refractivity contribution is 8.00. The number of nitrogens with zero attached hydrogens (tertiary/aromatic N) is 2. The van der Waals surface area contributed by atoms with E-state index in [1.807, 2.05) is 66.7 Å². The van der Waals surface area contributed by atoms with Gasteiger partial charge in [0.05, 0.1) is 10.2 Å². The van der Waals surface area contributed by atoms with Gasteiger partial charge in [-0.1, -0.05) is 48.2 Å². The van der Waals surface area contributed by atoms with Crippen molar-refractivity contribution in [1.29, 1.82) is 0 Å².